The number of carbonyl (C=O) groups excluding carboxylic acids is 1. The average molecular weight is 533 g/mol. The minimum Gasteiger partial charge on any atom is -0.334 e. The number of halogens is 3. The van der Waals surface area contributed by atoms with Crippen molar-refractivity contribution in [2.24, 2.45) is 5.92 Å². The van der Waals surface area contributed by atoms with Crippen LogP contribution in [0.4, 0.5) is 13.2 Å². The van der Waals surface area contributed by atoms with E-state index in [2.05, 4.69) is 10.1 Å². The normalized spacial score (nSPS) is 12.0. The summed E-state index contributed by atoms with van der Waals surface area (Å²) in [6, 6.07) is 4.89. The van der Waals surface area contributed by atoms with Gasteiger partial charge < -0.3 is 4.84 Å². The first-order valence-electron chi connectivity index (χ1n) is 12.1. The molecule has 13 heteroatoms. The Balaban J connectivity index is 1.86. The summed E-state index contributed by atoms with van der Waals surface area (Å²) >= 11 is 0. The maximum atomic E-state index is 13.4. The molecule has 202 valence electrons. The van der Waals surface area contributed by atoms with E-state index in [0.29, 0.717) is 17.5 Å². The minimum atomic E-state index is -4.48. The van der Waals surface area contributed by atoms with Gasteiger partial charge in [0.1, 0.15) is 0 Å². The molecule has 4 aromatic rings. The third-order valence-electron chi connectivity index (χ3n) is 5.89. The van der Waals surface area contributed by atoms with Gasteiger partial charge in [-0.25, -0.2) is 14.6 Å². The van der Waals surface area contributed by atoms with Gasteiger partial charge in [0.15, 0.2) is 17.0 Å². The van der Waals surface area contributed by atoms with Crippen molar-refractivity contribution in [1.82, 2.24) is 28.6 Å². The lowest BCUT2D eigenvalue weighted by Crippen LogP contribution is -2.41. The van der Waals surface area contributed by atoms with Crippen molar-refractivity contribution in [2.75, 3.05) is 0 Å². The van der Waals surface area contributed by atoms with Crippen molar-refractivity contribution in [3.8, 4) is 11.4 Å². The molecule has 3 heterocycles. The van der Waals surface area contributed by atoms with E-state index in [-0.39, 0.29) is 36.6 Å². The SMILES string of the molecule is CCCn1c(=O)c2c(nc(-c3cnn(Cc4cccc(C(F)(F)F)c4)c3)n2OC(=O)C(C)C)n(CC)c1=O. The fraction of sp³-hybridized carbons (Fsp3) is 0.400. The number of aromatic nitrogens is 6. The largest absolute Gasteiger partial charge is 0.416 e. The number of hydrogen-bond donors (Lipinski definition) is 0. The molecule has 38 heavy (non-hydrogen) atoms. The highest BCUT2D eigenvalue weighted by Crippen LogP contribution is 2.30. The molecule has 0 aliphatic rings. The Morgan fingerprint density at radius 3 is 2.50 bits per heavy atom. The third-order valence-corrected chi connectivity index (χ3v) is 5.89. The van der Waals surface area contributed by atoms with E-state index in [1.165, 1.54) is 27.7 Å². The van der Waals surface area contributed by atoms with Gasteiger partial charge in [-0.3, -0.25) is 18.6 Å². The van der Waals surface area contributed by atoms with Gasteiger partial charge in [0, 0.05) is 19.3 Å². The highest BCUT2D eigenvalue weighted by molar-refractivity contribution is 5.79. The summed E-state index contributed by atoms with van der Waals surface area (Å²) in [5.74, 6) is -1.10. The van der Waals surface area contributed by atoms with Crippen LogP contribution >= 0.6 is 0 Å². The molecule has 0 saturated carbocycles. The smallest absolute Gasteiger partial charge is 0.334 e. The number of nitrogens with zero attached hydrogens (tertiary/aromatic N) is 6. The zero-order valence-electron chi connectivity index (χ0n) is 21.3. The van der Waals surface area contributed by atoms with Gasteiger partial charge in [0.25, 0.3) is 5.56 Å². The number of fused-ring (bicyclic) bond motifs is 1. The van der Waals surface area contributed by atoms with Gasteiger partial charge in [0.2, 0.25) is 0 Å². The molecule has 4 rings (SSSR count). The fourth-order valence-electron chi connectivity index (χ4n) is 3.99. The van der Waals surface area contributed by atoms with Crippen molar-refractivity contribution in [2.45, 2.75) is 59.9 Å². The molecule has 10 nitrogen and oxygen atoms in total. The Bertz CT molecular complexity index is 1610. The molecule has 3 aromatic heterocycles. The molecule has 0 N–H and O–H groups in total. The van der Waals surface area contributed by atoms with Crippen LogP contribution in [0.25, 0.3) is 22.6 Å². The van der Waals surface area contributed by atoms with Gasteiger partial charge >= 0.3 is 17.8 Å². The lowest BCUT2D eigenvalue weighted by molar-refractivity contribution is -0.147. The molecule has 0 bridgehead atoms. The number of imidazole rings is 1. The average Bonchev–Trinajstić information content (AvgIpc) is 3.46. The van der Waals surface area contributed by atoms with E-state index in [0.717, 1.165) is 21.4 Å². The third kappa shape index (κ3) is 5.00. The first kappa shape index (κ1) is 26.9. The number of rotatable bonds is 8. The zero-order chi connectivity index (χ0) is 27.8. The van der Waals surface area contributed by atoms with E-state index < -0.39 is 34.9 Å². The summed E-state index contributed by atoms with van der Waals surface area (Å²) in [4.78, 5) is 49.0. The molecular weight excluding hydrogens is 505 g/mol. The molecule has 0 atom stereocenters. The summed E-state index contributed by atoms with van der Waals surface area (Å²) in [6.45, 7) is 7.22. The second-order valence-electron chi connectivity index (χ2n) is 9.08. The van der Waals surface area contributed by atoms with Crippen LogP contribution in [-0.4, -0.2) is 34.6 Å². The Morgan fingerprint density at radius 1 is 1.13 bits per heavy atom. The van der Waals surface area contributed by atoms with E-state index in [1.54, 1.807) is 26.8 Å². The standard InChI is InChI=1S/C25H27F3N6O4/c1-5-10-33-22(35)19-21(32(6-2)24(33)37)30-20(34(19)38-23(36)15(3)4)17-12-29-31(14-17)13-16-8-7-9-18(11-16)25(26,27)28/h7-9,11-12,14-15H,5-6,10,13H2,1-4H3. The Hall–Kier alpha value is -4.16. The van der Waals surface area contributed by atoms with Crippen LogP contribution in [0.15, 0.2) is 46.2 Å². The zero-order valence-corrected chi connectivity index (χ0v) is 21.3. The van der Waals surface area contributed by atoms with Crippen LogP contribution in [0.1, 0.15) is 45.2 Å². The maximum absolute atomic E-state index is 13.4. The minimum absolute atomic E-state index is 0.0267. The topological polar surface area (TPSA) is 106 Å². The Morgan fingerprint density at radius 2 is 1.87 bits per heavy atom. The first-order valence-corrected chi connectivity index (χ1v) is 12.1. The van der Waals surface area contributed by atoms with Crippen molar-refractivity contribution < 1.29 is 22.8 Å². The Kier molecular flexibility index (Phi) is 7.29. The molecule has 0 spiro atoms. The number of benzene rings is 1. The Labute approximate surface area is 214 Å². The highest BCUT2D eigenvalue weighted by Gasteiger charge is 2.30. The van der Waals surface area contributed by atoms with E-state index in [4.69, 9.17) is 4.84 Å². The van der Waals surface area contributed by atoms with Gasteiger partial charge in [-0.15, -0.1) is 4.73 Å². The van der Waals surface area contributed by atoms with Crippen LogP contribution in [-0.2, 0) is 30.6 Å². The molecule has 0 amide bonds. The van der Waals surface area contributed by atoms with Crippen molar-refractivity contribution in [3.05, 3.63) is 68.6 Å². The summed E-state index contributed by atoms with van der Waals surface area (Å²) in [6.07, 6.45) is -1.04. The summed E-state index contributed by atoms with van der Waals surface area (Å²) in [5, 5.41) is 4.22. The van der Waals surface area contributed by atoms with Crippen LogP contribution in [0.3, 0.4) is 0 Å². The van der Waals surface area contributed by atoms with Crippen LogP contribution in [0, 0.1) is 5.92 Å². The van der Waals surface area contributed by atoms with Gasteiger partial charge in [0.05, 0.1) is 29.8 Å². The predicted molar refractivity (Wildman–Crippen MR) is 132 cm³/mol. The molecular formula is C25H27F3N6O4. The van der Waals surface area contributed by atoms with Crippen LogP contribution in [0.2, 0.25) is 0 Å². The summed E-state index contributed by atoms with van der Waals surface area (Å²) < 4.78 is 44.2. The van der Waals surface area contributed by atoms with E-state index in [9.17, 15) is 27.6 Å². The first-order chi connectivity index (χ1) is 18.0. The van der Waals surface area contributed by atoms with Crippen LogP contribution in [0.5, 0.6) is 0 Å². The molecule has 0 radical (unpaired) electrons. The molecule has 0 saturated heterocycles. The lowest BCUT2D eigenvalue weighted by atomic mass is 10.1. The fourth-order valence-corrected chi connectivity index (χ4v) is 3.99. The van der Waals surface area contributed by atoms with Gasteiger partial charge in [-0.05, 0) is 31.0 Å². The van der Waals surface area contributed by atoms with E-state index >= 15 is 0 Å². The number of carbonyl (C=O) groups is 1. The highest BCUT2D eigenvalue weighted by atomic mass is 19.4. The number of hydrogen-bond acceptors (Lipinski definition) is 6. The monoisotopic (exact) mass is 532 g/mol. The van der Waals surface area contributed by atoms with Gasteiger partial charge in [-0.2, -0.15) is 18.3 Å². The predicted octanol–water partition coefficient (Wildman–Crippen LogP) is 3.33. The maximum Gasteiger partial charge on any atom is 0.416 e. The molecule has 0 aliphatic heterocycles. The molecule has 0 aliphatic carbocycles. The van der Waals surface area contributed by atoms with Crippen molar-refractivity contribution >= 4 is 17.1 Å². The summed E-state index contributed by atoms with van der Waals surface area (Å²) in [5.41, 5.74) is -1.27. The second-order valence-corrected chi connectivity index (χ2v) is 9.08. The van der Waals surface area contributed by atoms with E-state index in [1.807, 2.05) is 6.92 Å². The van der Waals surface area contributed by atoms with Crippen LogP contribution < -0.4 is 16.1 Å². The van der Waals surface area contributed by atoms with Gasteiger partial charge in [-0.1, -0.05) is 32.9 Å². The molecule has 1 aromatic carbocycles. The quantitative estimate of drug-likeness (QED) is 0.345. The molecule has 0 unspecified atom stereocenters. The van der Waals surface area contributed by atoms with Crippen molar-refractivity contribution in [3.63, 3.8) is 0 Å². The number of aryl methyl sites for hydroxylation is 1. The second kappa shape index (κ2) is 10.3. The lowest BCUT2D eigenvalue weighted by Gasteiger charge is -2.12. The number of alkyl halides is 3. The van der Waals surface area contributed by atoms with Crippen molar-refractivity contribution in [1.29, 1.82) is 0 Å². The molecule has 0 fully saturated rings. The summed E-state index contributed by atoms with van der Waals surface area (Å²) in [7, 11) is 0.